The highest BCUT2D eigenvalue weighted by molar-refractivity contribution is 5.76. The molecule has 0 saturated heterocycles. The van der Waals surface area contributed by atoms with Gasteiger partial charge in [0.25, 0.3) is 5.79 Å². The molecule has 3 atom stereocenters. The van der Waals surface area contributed by atoms with Crippen molar-refractivity contribution in [2.75, 3.05) is 13.7 Å². The summed E-state index contributed by atoms with van der Waals surface area (Å²) in [5, 5.41) is 28.9. The van der Waals surface area contributed by atoms with E-state index >= 15 is 0 Å². The molecule has 0 unspecified atom stereocenters. The second kappa shape index (κ2) is 13.3. The maximum absolute atomic E-state index is 11.2. The van der Waals surface area contributed by atoms with E-state index in [1.165, 1.54) is 25.7 Å². The van der Waals surface area contributed by atoms with Gasteiger partial charge in [0, 0.05) is 13.0 Å². The van der Waals surface area contributed by atoms with E-state index in [1.807, 2.05) is 0 Å². The first-order valence-corrected chi connectivity index (χ1v) is 10.8. The van der Waals surface area contributed by atoms with Gasteiger partial charge in [-0.3, -0.25) is 0 Å². The zero-order valence-corrected chi connectivity index (χ0v) is 17.2. The number of rotatable bonds is 14. The molecule has 1 saturated carbocycles. The van der Waals surface area contributed by atoms with Crippen molar-refractivity contribution in [1.29, 1.82) is 0 Å². The van der Waals surface area contributed by atoms with E-state index in [4.69, 9.17) is 0 Å². The minimum absolute atomic E-state index is 0.00466. The maximum atomic E-state index is 11.2. The number of aliphatic hydroxyl groups is 3. The standard InChI is InChI=1S/C22H40O5/c1-3-4-5-6-7-10-13-20-18(14-15-19(20)17-23)12-9-8-11-16-22(25,26)21(24)27-2/h10,13,18-20,23,25-26H,3-9,11-12,14-17H2,1-2H3/t18-,19+,20-/m1/s1. The predicted molar refractivity (Wildman–Crippen MR) is 107 cm³/mol. The zero-order valence-electron chi connectivity index (χ0n) is 17.2. The molecule has 0 aliphatic heterocycles. The second-order valence-electron chi connectivity index (χ2n) is 8.04. The molecule has 0 bridgehead atoms. The Morgan fingerprint density at radius 3 is 2.44 bits per heavy atom. The summed E-state index contributed by atoms with van der Waals surface area (Å²) in [6.45, 7) is 2.49. The largest absolute Gasteiger partial charge is 0.465 e. The minimum atomic E-state index is -2.37. The van der Waals surface area contributed by atoms with Gasteiger partial charge < -0.3 is 20.1 Å². The topological polar surface area (TPSA) is 87.0 Å². The molecule has 5 nitrogen and oxygen atoms in total. The monoisotopic (exact) mass is 384 g/mol. The lowest BCUT2D eigenvalue weighted by atomic mass is 9.85. The molecule has 0 radical (unpaired) electrons. The molecule has 5 heteroatoms. The van der Waals surface area contributed by atoms with Crippen LogP contribution in [-0.2, 0) is 9.53 Å². The van der Waals surface area contributed by atoms with Gasteiger partial charge in [0.15, 0.2) is 0 Å². The smallest absolute Gasteiger partial charge is 0.366 e. The van der Waals surface area contributed by atoms with Gasteiger partial charge in [0.1, 0.15) is 0 Å². The van der Waals surface area contributed by atoms with Gasteiger partial charge in [-0.2, -0.15) is 0 Å². The van der Waals surface area contributed by atoms with Crippen LogP contribution in [0.1, 0.15) is 84.0 Å². The highest BCUT2D eigenvalue weighted by Crippen LogP contribution is 2.40. The fourth-order valence-electron chi connectivity index (χ4n) is 4.22. The normalized spacial score (nSPS) is 23.2. The Bertz CT molecular complexity index is 432. The molecule has 27 heavy (non-hydrogen) atoms. The fourth-order valence-corrected chi connectivity index (χ4v) is 4.22. The van der Waals surface area contributed by atoms with E-state index < -0.39 is 11.8 Å². The van der Waals surface area contributed by atoms with Crippen LogP contribution < -0.4 is 0 Å². The molecule has 1 aliphatic carbocycles. The van der Waals surface area contributed by atoms with Gasteiger partial charge in [-0.15, -0.1) is 0 Å². The van der Waals surface area contributed by atoms with E-state index in [1.54, 1.807) is 0 Å². The van der Waals surface area contributed by atoms with Crippen molar-refractivity contribution >= 4 is 5.97 Å². The van der Waals surface area contributed by atoms with Gasteiger partial charge >= 0.3 is 5.97 Å². The summed E-state index contributed by atoms with van der Waals surface area (Å²) in [5.74, 6) is -1.92. The van der Waals surface area contributed by atoms with Crippen molar-refractivity contribution in [1.82, 2.24) is 0 Å². The van der Waals surface area contributed by atoms with Crippen molar-refractivity contribution < 1.29 is 24.9 Å². The first-order valence-electron chi connectivity index (χ1n) is 10.8. The van der Waals surface area contributed by atoms with E-state index in [2.05, 4.69) is 23.8 Å². The van der Waals surface area contributed by atoms with Crippen molar-refractivity contribution in [3.63, 3.8) is 0 Å². The van der Waals surface area contributed by atoms with E-state index in [0.29, 0.717) is 24.2 Å². The molecule has 1 rings (SSSR count). The lowest BCUT2D eigenvalue weighted by Crippen LogP contribution is -2.39. The molecule has 1 fully saturated rings. The first-order chi connectivity index (χ1) is 13.0. The van der Waals surface area contributed by atoms with Crippen LogP contribution in [0.3, 0.4) is 0 Å². The van der Waals surface area contributed by atoms with Crippen LogP contribution in [0.15, 0.2) is 12.2 Å². The van der Waals surface area contributed by atoms with Crippen LogP contribution in [0, 0.1) is 17.8 Å². The third-order valence-corrected chi connectivity index (χ3v) is 5.93. The Hall–Kier alpha value is -0.910. The minimum Gasteiger partial charge on any atom is -0.465 e. The summed E-state index contributed by atoms with van der Waals surface area (Å²) in [6, 6.07) is 0. The molecule has 0 spiro atoms. The Labute approximate surface area is 164 Å². The van der Waals surface area contributed by atoms with Crippen molar-refractivity contribution in [2.24, 2.45) is 17.8 Å². The summed E-state index contributed by atoms with van der Waals surface area (Å²) in [5.41, 5.74) is 0. The molecule has 0 heterocycles. The number of methoxy groups -OCH3 is 1. The van der Waals surface area contributed by atoms with Crippen molar-refractivity contribution in [3.05, 3.63) is 12.2 Å². The number of carbonyl (C=O) groups excluding carboxylic acids is 1. The van der Waals surface area contributed by atoms with Crippen LogP contribution in [0.25, 0.3) is 0 Å². The van der Waals surface area contributed by atoms with E-state index in [-0.39, 0.29) is 13.0 Å². The summed E-state index contributed by atoms with van der Waals surface area (Å²) in [6.07, 6.45) is 16.6. The molecular formula is C22H40O5. The Morgan fingerprint density at radius 1 is 1.07 bits per heavy atom. The van der Waals surface area contributed by atoms with Gasteiger partial charge in [-0.1, -0.05) is 51.2 Å². The average Bonchev–Trinajstić information content (AvgIpc) is 3.05. The van der Waals surface area contributed by atoms with Crippen molar-refractivity contribution in [3.8, 4) is 0 Å². The molecule has 158 valence electrons. The summed E-state index contributed by atoms with van der Waals surface area (Å²) in [4.78, 5) is 11.2. The van der Waals surface area contributed by atoms with E-state index in [0.717, 1.165) is 45.6 Å². The average molecular weight is 385 g/mol. The van der Waals surface area contributed by atoms with Crippen LogP contribution in [0.5, 0.6) is 0 Å². The quantitative estimate of drug-likeness (QED) is 0.183. The van der Waals surface area contributed by atoms with Crippen molar-refractivity contribution in [2.45, 2.75) is 89.8 Å². The lowest BCUT2D eigenvalue weighted by Gasteiger charge is -2.21. The molecule has 0 aromatic rings. The number of ether oxygens (including phenoxy) is 1. The number of hydrogen-bond donors (Lipinski definition) is 3. The van der Waals surface area contributed by atoms with Gasteiger partial charge in [-0.25, -0.2) is 4.79 Å². The SMILES string of the molecule is CCCCCCC=C[C@@H]1[C@H](CCCCCC(O)(O)C(=O)OC)CC[C@H]1CO. The predicted octanol–water partition coefficient (Wildman–Crippen LogP) is 3.95. The second-order valence-corrected chi connectivity index (χ2v) is 8.04. The third-order valence-electron chi connectivity index (χ3n) is 5.93. The van der Waals surface area contributed by atoms with Gasteiger partial charge in [-0.05, 0) is 56.3 Å². The van der Waals surface area contributed by atoms with Crippen LogP contribution in [0.4, 0.5) is 0 Å². The summed E-state index contributed by atoms with van der Waals surface area (Å²) < 4.78 is 4.39. The Balaban J connectivity index is 2.33. The third kappa shape index (κ3) is 8.75. The number of unbranched alkanes of at least 4 members (excludes halogenated alkanes) is 6. The number of esters is 1. The summed E-state index contributed by atoms with van der Waals surface area (Å²) in [7, 11) is 1.15. The number of aliphatic hydroxyl groups excluding tert-OH is 1. The highest BCUT2D eigenvalue weighted by atomic mass is 16.6. The van der Waals surface area contributed by atoms with Gasteiger partial charge in [0.05, 0.1) is 7.11 Å². The Kier molecular flexibility index (Phi) is 11.9. The summed E-state index contributed by atoms with van der Waals surface area (Å²) >= 11 is 0. The lowest BCUT2D eigenvalue weighted by molar-refractivity contribution is -0.209. The number of hydrogen-bond acceptors (Lipinski definition) is 5. The maximum Gasteiger partial charge on any atom is 0.366 e. The molecule has 0 aromatic carbocycles. The molecule has 0 amide bonds. The number of carbonyl (C=O) groups is 1. The zero-order chi connectivity index (χ0) is 20.1. The van der Waals surface area contributed by atoms with Crippen LogP contribution in [0.2, 0.25) is 0 Å². The van der Waals surface area contributed by atoms with Gasteiger partial charge in [0.2, 0.25) is 0 Å². The highest BCUT2D eigenvalue weighted by Gasteiger charge is 2.34. The van der Waals surface area contributed by atoms with E-state index in [9.17, 15) is 20.1 Å². The molecule has 0 aromatic heterocycles. The Morgan fingerprint density at radius 2 is 1.78 bits per heavy atom. The van der Waals surface area contributed by atoms with Crippen LogP contribution >= 0.6 is 0 Å². The molecule has 3 N–H and O–H groups in total. The molecular weight excluding hydrogens is 344 g/mol. The number of allylic oxidation sites excluding steroid dienone is 2. The van der Waals surface area contributed by atoms with Crippen LogP contribution in [-0.4, -0.2) is 40.8 Å². The fraction of sp³-hybridized carbons (Fsp3) is 0.864. The molecule has 1 aliphatic rings. The first kappa shape index (κ1) is 24.1.